The Balaban J connectivity index is 1.96. The summed E-state index contributed by atoms with van der Waals surface area (Å²) in [5.74, 6) is 0. The van der Waals surface area contributed by atoms with Crippen molar-refractivity contribution in [2.75, 3.05) is 0 Å². The lowest BCUT2D eigenvalue weighted by Crippen LogP contribution is -2.58. The maximum atomic E-state index is 13.5. The van der Waals surface area contributed by atoms with Crippen molar-refractivity contribution in [1.29, 1.82) is 0 Å². The van der Waals surface area contributed by atoms with Gasteiger partial charge < -0.3 is 11.1 Å². The van der Waals surface area contributed by atoms with Gasteiger partial charge in [0.1, 0.15) is 3.55 Å². The van der Waals surface area contributed by atoms with Crippen molar-refractivity contribution in [3.05, 3.63) is 75.9 Å². The third-order valence-electron chi connectivity index (χ3n) is 5.47. The summed E-state index contributed by atoms with van der Waals surface area (Å²) < 4.78 is 78.2. The molecule has 0 aliphatic carbocycles. The zero-order chi connectivity index (χ0) is 24.8. The van der Waals surface area contributed by atoms with E-state index in [1.165, 1.54) is 0 Å². The molecule has 0 aliphatic heterocycles. The molecule has 1 aromatic heterocycles. The number of nitrogens with two attached hydrogens (primary N) is 1. The number of halogens is 8. The van der Waals surface area contributed by atoms with Crippen molar-refractivity contribution >= 4 is 45.1 Å². The van der Waals surface area contributed by atoms with E-state index >= 15 is 0 Å². The Labute approximate surface area is 204 Å². The van der Waals surface area contributed by atoms with E-state index in [0.29, 0.717) is 22.2 Å². The van der Waals surface area contributed by atoms with Crippen LogP contribution in [0.2, 0.25) is 5.02 Å². The highest BCUT2D eigenvalue weighted by Crippen LogP contribution is 2.41. The summed E-state index contributed by atoms with van der Waals surface area (Å²) in [7, 11) is 0. The molecule has 3 aromatic rings. The van der Waals surface area contributed by atoms with Gasteiger partial charge in [-0.1, -0.05) is 46.3 Å². The highest BCUT2D eigenvalue weighted by atomic mass is 127. The molecule has 3 rings (SSSR count). The fourth-order valence-electron chi connectivity index (χ4n) is 3.39. The molecular weight excluding hydrogens is 583 g/mol. The molecule has 0 amide bonds. The first-order valence-electron chi connectivity index (χ1n) is 9.59. The van der Waals surface area contributed by atoms with Gasteiger partial charge in [-0.15, -0.1) is 0 Å². The Bertz CT molecular complexity index is 1170. The van der Waals surface area contributed by atoms with E-state index in [1.54, 1.807) is 44.3 Å². The lowest BCUT2D eigenvalue weighted by atomic mass is 9.87. The van der Waals surface area contributed by atoms with Crippen LogP contribution in [0.3, 0.4) is 0 Å². The van der Waals surface area contributed by atoms with Crippen molar-refractivity contribution < 1.29 is 26.3 Å². The van der Waals surface area contributed by atoms with E-state index in [9.17, 15) is 26.3 Å². The first kappa shape index (κ1) is 26.0. The van der Waals surface area contributed by atoms with Crippen molar-refractivity contribution in [3.63, 3.8) is 0 Å². The number of fused-ring (bicyclic) bond motifs is 1. The van der Waals surface area contributed by atoms with Crippen molar-refractivity contribution in [2.45, 2.75) is 41.8 Å². The van der Waals surface area contributed by atoms with Crippen LogP contribution in [0, 0.1) is 0 Å². The minimum Gasteiger partial charge on any atom is -0.312 e. The normalized spacial score (nSPS) is 15.0. The monoisotopic (exact) mass is 601 g/mol. The van der Waals surface area contributed by atoms with Gasteiger partial charge in [-0.3, -0.25) is 4.98 Å². The lowest BCUT2D eigenvalue weighted by molar-refractivity contribution is -0.143. The van der Waals surface area contributed by atoms with Gasteiger partial charge in [0.2, 0.25) is 0 Å². The average molecular weight is 602 g/mol. The summed E-state index contributed by atoms with van der Waals surface area (Å²) in [5.41, 5.74) is 3.94. The van der Waals surface area contributed by atoms with Crippen LogP contribution in [-0.2, 0) is 22.4 Å². The molecule has 3 nitrogen and oxygen atoms in total. The topological polar surface area (TPSA) is 50.9 Å². The maximum Gasteiger partial charge on any atom is 0.416 e. The zero-order valence-electron chi connectivity index (χ0n) is 17.4. The fraction of sp³-hybridized carbons (Fsp3) is 0.318. The number of aromatic nitrogens is 1. The quantitative estimate of drug-likeness (QED) is 0.143. The summed E-state index contributed by atoms with van der Waals surface area (Å²) >= 11 is 8.04. The molecule has 0 radical (unpaired) electrons. The van der Waals surface area contributed by atoms with E-state index in [-0.39, 0.29) is 18.2 Å². The van der Waals surface area contributed by atoms with Crippen LogP contribution >= 0.6 is 34.2 Å². The van der Waals surface area contributed by atoms with Crippen LogP contribution in [0.4, 0.5) is 26.3 Å². The van der Waals surface area contributed by atoms with Gasteiger partial charge in [0.15, 0.2) is 0 Å². The maximum absolute atomic E-state index is 13.5. The number of nitrogens with zero attached hydrogens (tertiary/aromatic N) is 1. The molecule has 3 N–H and O–H groups in total. The zero-order valence-corrected chi connectivity index (χ0v) is 20.3. The van der Waals surface area contributed by atoms with Gasteiger partial charge in [-0.2, -0.15) is 26.3 Å². The molecule has 0 saturated heterocycles. The van der Waals surface area contributed by atoms with Crippen molar-refractivity contribution in [3.8, 4) is 0 Å². The second kappa shape index (κ2) is 8.86. The number of alkyl halides is 7. The minimum absolute atomic E-state index is 0.129. The van der Waals surface area contributed by atoms with Crippen LogP contribution in [-0.4, -0.2) is 10.5 Å². The number of benzene rings is 2. The Kier molecular flexibility index (Phi) is 6.98. The lowest BCUT2D eigenvalue weighted by Gasteiger charge is -2.41. The van der Waals surface area contributed by atoms with E-state index in [1.807, 2.05) is 22.6 Å². The first-order valence-corrected chi connectivity index (χ1v) is 11.0. The summed E-state index contributed by atoms with van der Waals surface area (Å²) in [6, 6.07) is 8.43. The Morgan fingerprint density at radius 3 is 2.21 bits per heavy atom. The predicted molar refractivity (Wildman–Crippen MR) is 124 cm³/mol. The third kappa shape index (κ3) is 5.39. The molecule has 1 atom stereocenters. The smallest absolute Gasteiger partial charge is 0.312 e. The van der Waals surface area contributed by atoms with Crippen LogP contribution < -0.4 is 11.1 Å². The molecule has 11 heteroatoms. The van der Waals surface area contributed by atoms with Gasteiger partial charge in [0.25, 0.3) is 0 Å². The molecule has 0 aliphatic rings. The highest BCUT2D eigenvalue weighted by molar-refractivity contribution is 14.1. The van der Waals surface area contributed by atoms with Crippen LogP contribution in [0.1, 0.15) is 36.1 Å². The second-order valence-corrected chi connectivity index (χ2v) is 10.2. The average Bonchev–Trinajstić information content (AvgIpc) is 2.70. The van der Waals surface area contributed by atoms with Crippen LogP contribution in [0.15, 0.2) is 48.7 Å². The van der Waals surface area contributed by atoms with Gasteiger partial charge in [0, 0.05) is 28.7 Å². The predicted octanol–water partition coefficient (Wildman–Crippen LogP) is 7.04. The van der Waals surface area contributed by atoms with Crippen molar-refractivity contribution in [2.24, 2.45) is 5.73 Å². The van der Waals surface area contributed by atoms with E-state index in [2.05, 4.69) is 10.3 Å². The van der Waals surface area contributed by atoms with E-state index in [4.69, 9.17) is 17.3 Å². The molecule has 1 heterocycles. The van der Waals surface area contributed by atoms with Gasteiger partial charge >= 0.3 is 12.4 Å². The van der Waals surface area contributed by atoms with Gasteiger partial charge in [0.05, 0.1) is 16.6 Å². The third-order valence-corrected chi connectivity index (χ3v) is 7.63. The molecule has 2 aromatic carbocycles. The largest absolute Gasteiger partial charge is 0.416 e. The second-order valence-electron chi connectivity index (χ2n) is 8.08. The first-order chi connectivity index (χ1) is 15.0. The molecule has 0 fully saturated rings. The van der Waals surface area contributed by atoms with Crippen LogP contribution in [0.25, 0.3) is 10.9 Å². The Hall–Kier alpha value is -1.63. The van der Waals surface area contributed by atoms with Gasteiger partial charge in [-0.05, 0) is 55.3 Å². The minimum atomic E-state index is -4.95. The van der Waals surface area contributed by atoms with E-state index < -0.39 is 32.6 Å². The van der Waals surface area contributed by atoms with Crippen molar-refractivity contribution in [1.82, 2.24) is 10.3 Å². The molecule has 178 valence electrons. The standard InChI is InChI=1S/C22H19ClF6IN3/c1-19(2,20(30,31)16-7-8-32-18-10-14(23)5-6-15(16)18)33-11-12-3-4-13(21(24,25)26)9-17(12)22(27,28)29/h3-10,33H,11,31H2,1-2H3. The SMILES string of the molecule is CC(C)(NCc1ccc(C(F)(F)F)cc1C(F)(F)F)C(N)(I)c1ccnc2cc(Cl)ccc12. The Morgan fingerprint density at radius 2 is 1.61 bits per heavy atom. The van der Waals surface area contributed by atoms with Crippen LogP contribution in [0.5, 0.6) is 0 Å². The summed E-state index contributed by atoms with van der Waals surface area (Å²) in [4.78, 5) is 4.28. The summed E-state index contributed by atoms with van der Waals surface area (Å²) in [6.07, 6.45) is -8.28. The molecule has 0 spiro atoms. The highest BCUT2D eigenvalue weighted by Gasteiger charge is 2.43. The number of hydrogen-bond acceptors (Lipinski definition) is 3. The molecule has 1 unspecified atom stereocenters. The van der Waals surface area contributed by atoms with E-state index in [0.717, 1.165) is 11.5 Å². The van der Waals surface area contributed by atoms with Gasteiger partial charge in [-0.25, -0.2) is 0 Å². The molecular formula is C22H19ClF6IN3. The number of pyridine rings is 1. The Morgan fingerprint density at radius 1 is 0.939 bits per heavy atom. The molecule has 33 heavy (non-hydrogen) atoms. The summed E-state index contributed by atoms with van der Waals surface area (Å²) in [5, 5.41) is 4.21. The number of hydrogen-bond donors (Lipinski definition) is 2. The fourth-order valence-corrected chi connectivity index (χ4v) is 4.22. The number of rotatable bonds is 5. The summed E-state index contributed by atoms with van der Waals surface area (Å²) in [6.45, 7) is 3.06. The molecule has 0 bridgehead atoms. The molecule has 0 saturated carbocycles. The number of nitrogens with one attached hydrogen (secondary N) is 1.